The number of ether oxygens (including phenoxy) is 1. The Morgan fingerprint density at radius 3 is 2.46 bits per heavy atom. The number of amides is 1. The number of hydrogen-bond donors (Lipinski definition) is 1. The number of anilines is 1. The van der Waals surface area contributed by atoms with Gasteiger partial charge in [-0.2, -0.15) is 0 Å². The highest BCUT2D eigenvalue weighted by molar-refractivity contribution is 8.01. The minimum Gasteiger partial charge on any atom is -0.460 e. The highest BCUT2D eigenvalue weighted by Crippen LogP contribution is 2.15. The summed E-state index contributed by atoms with van der Waals surface area (Å²) in [5.41, 5.74) is 1.43. The molecule has 4 nitrogen and oxygen atoms in total. The fraction of sp³-hybridized carbons (Fsp3) is 0.222. The number of hydrogen-bond acceptors (Lipinski definition) is 4. The molecular formula is C18H18FNO3S. The van der Waals surface area contributed by atoms with Crippen molar-refractivity contribution < 1.29 is 18.7 Å². The summed E-state index contributed by atoms with van der Waals surface area (Å²) in [6.45, 7) is 1.91. The molecule has 0 aromatic heterocycles. The van der Waals surface area contributed by atoms with E-state index in [-0.39, 0.29) is 30.1 Å². The van der Waals surface area contributed by atoms with Crippen molar-refractivity contribution >= 4 is 29.3 Å². The van der Waals surface area contributed by atoms with E-state index in [1.54, 1.807) is 6.92 Å². The molecule has 0 aliphatic carbocycles. The summed E-state index contributed by atoms with van der Waals surface area (Å²) in [7, 11) is 0. The van der Waals surface area contributed by atoms with Gasteiger partial charge in [0.2, 0.25) is 5.91 Å². The van der Waals surface area contributed by atoms with E-state index in [0.717, 1.165) is 5.56 Å². The van der Waals surface area contributed by atoms with Gasteiger partial charge >= 0.3 is 5.97 Å². The largest absolute Gasteiger partial charge is 0.460 e. The third kappa shape index (κ3) is 6.04. The number of carbonyl (C=O) groups excluding carboxylic acids is 2. The van der Waals surface area contributed by atoms with E-state index in [2.05, 4.69) is 5.32 Å². The standard InChI is InChI=1S/C18H18FNO3S/c1-13(18(22)23-11-14-5-3-2-4-6-14)24-12-17(21)20-16-9-7-15(19)8-10-16/h2-10,13H,11-12H2,1H3,(H,20,21)/t13-/m1/s1. The molecule has 1 amide bonds. The minimum absolute atomic E-state index is 0.110. The lowest BCUT2D eigenvalue weighted by molar-refractivity contribution is -0.143. The van der Waals surface area contributed by atoms with E-state index in [9.17, 15) is 14.0 Å². The molecule has 1 atom stereocenters. The Kier molecular flexibility index (Phi) is 6.81. The van der Waals surface area contributed by atoms with Crippen molar-refractivity contribution in [3.63, 3.8) is 0 Å². The van der Waals surface area contributed by atoms with Crippen LogP contribution in [0, 0.1) is 5.82 Å². The second kappa shape index (κ2) is 9.08. The van der Waals surface area contributed by atoms with Crippen LogP contribution in [0.5, 0.6) is 0 Å². The zero-order valence-electron chi connectivity index (χ0n) is 13.2. The van der Waals surface area contributed by atoms with Crippen molar-refractivity contribution in [1.29, 1.82) is 0 Å². The fourth-order valence-electron chi connectivity index (χ4n) is 1.85. The van der Waals surface area contributed by atoms with Crippen LogP contribution in [0.1, 0.15) is 12.5 Å². The lowest BCUT2D eigenvalue weighted by Crippen LogP contribution is -2.21. The molecule has 0 unspecified atom stereocenters. The maximum Gasteiger partial charge on any atom is 0.319 e. The van der Waals surface area contributed by atoms with Crippen molar-refractivity contribution in [2.75, 3.05) is 11.1 Å². The van der Waals surface area contributed by atoms with Crippen LogP contribution in [-0.2, 0) is 20.9 Å². The van der Waals surface area contributed by atoms with E-state index in [4.69, 9.17) is 4.74 Å². The molecule has 0 aliphatic heterocycles. The van der Waals surface area contributed by atoms with Crippen LogP contribution in [0.3, 0.4) is 0 Å². The number of carbonyl (C=O) groups is 2. The molecule has 126 valence electrons. The first-order valence-electron chi connectivity index (χ1n) is 7.42. The molecule has 2 aromatic carbocycles. The Labute approximate surface area is 144 Å². The lowest BCUT2D eigenvalue weighted by atomic mass is 10.2. The van der Waals surface area contributed by atoms with Gasteiger partial charge in [-0.05, 0) is 36.8 Å². The van der Waals surface area contributed by atoms with Gasteiger partial charge < -0.3 is 10.1 Å². The van der Waals surface area contributed by atoms with Crippen LogP contribution < -0.4 is 5.32 Å². The first kappa shape index (κ1) is 18.0. The first-order chi connectivity index (χ1) is 11.5. The Hall–Kier alpha value is -2.34. The predicted octanol–water partition coefficient (Wildman–Crippen LogP) is 3.63. The molecule has 0 fully saturated rings. The monoisotopic (exact) mass is 347 g/mol. The zero-order chi connectivity index (χ0) is 17.4. The summed E-state index contributed by atoms with van der Waals surface area (Å²) in [6.07, 6.45) is 0. The Morgan fingerprint density at radius 2 is 1.79 bits per heavy atom. The van der Waals surface area contributed by atoms with E-state index in [1.165, 1.54) is 36.0 Å². The molecule has 0 radical (unpaired) electrons. The van der Waals surface area contributed by atoms with Gasteiger partial charge in [-0.15, -0.1) is 11.8 Å². The molecule has 24 heavy (non-hydrogen) atoms. The maximum absolute atomic E-state index is 12.8. The summed E-state index contributed by atoms with van der Waals surface area (Å²) >= 11 is 1.19. The maximum atomic E-state index is 12.8. The van der Waals surface area contributed by atoms with Gasteiger partial charge in [0.1, 0.15) is 17.7 Å². The average molecular weight is 347 g/mol. The lowest BCUT2D eigenvalue weighted by Gasteiger charge is -2.11. The van der Waals surface area contributed by atoms with Crippen molar-refractivity contribution in [2.45, 2.75) is 18.8 Å². The molecule has 0 saturated heterocycles. The summed E-state index contributed by atoms with van der Waals surface area (Å²) in [6, 6.07) is 14.9. The van der Waals surface area contributed by atoms with Crippen molar-refractivity contribution in [3.05, 3.63) is 66.0 Å². The van der Waals surface area contributed by atoms with Gasteiger partial charge in [0.25, 0.3) is 0 Å². The molecule has 2 rings (SSSR count). The molecule has 0 heterocycles. The second-order valence-corrected chi connectivity index (χ2v) is 6.43. The fourth-order valence-corrected chi connectivity index (χ4v) is 2.52. The molecule has 6 heteroatoms. The number of nitrogens with one attached hydrogen (secondary N) is 1. The summed E-state index contributed by atoms with van der Waals surface area (Å²) in [5, 5.41) is 2.19. The topological polar surface area (TPSA) is 55.4 Å². The number of thioether (sulfide) groups is 1. The van der Waals surface area contributed by atoms with E-state index in [0.29, 0.717) is 5.69 Å². The molecular weight excluding hydrogens is 329 g/mol. The van der Waals surface area contributed by atoms with Crippen LogP contribution in [0.4, 0.5) is 10.1 Å². The molecule has 1 N–H and O–H groups in total. The van der Waals surface area contributed by atoms with Gasteiger partial charge in [-0.25, -0.2) is 4.39 Å². The third-order valence-electron chi connectivity index (χ3n) is 3.15. The van der Waals surface area contributed by atoms with Crippen LogP contribution in [0.25, 0.3) is 0 Å². The van der Waals surface area contributed by atoms with Gasteiger partial charge in [-0.1, -0.05) is 30.3 Å². The van der Waals surface area contributed by atoms with Crippen LogP contribution in [0.2, 0.25) is 0 Å². The predicted molar refractivity (Wildman–Crippen MR) is 93.2 cm³/mol. The Morgan fingerprint density at radius 1 is 1.12 bits per heavy atom. The number of rotatable bonds is 7. The molecule has 0 spiro atoms. The summed E-state index contributed by atoms with van der Waals surface area (Å²) < 4.78 is 18.0. The zero-order valence-corrected chi connectivity index (χ0v) is 14.0. The number of halogens is 1. The smallest absolute Gasteiger partial charge is 0.319 e. The normalized spacial score (nSPS) is 11.6. The van der Waals surface area contributed by atoms with Gasteiger partial charge in [0, 0.05) is 5.69 Å². The average Bonchev–Trinajstić information content (AvgIpc) is 2.60. The minimum atomic E-state index is -0.451. The highest BCUT2D eigenvalue weighted by atomic mass is 32.2. The van der Waals surface area contributed by atoms with Crippen molar-refractivity contribution in [2.24, 2.45) is 0 Å². The van der Waals surface area contributed by atoms with E-state index in [1.807, 2.05) is 30.3 Å². The van der Waals surface area contributed by atoms with Crippen molar-refractivity contribution in [1.82, 2.24) is 0 Å². The quantitative estimate of drug-likeness (QED) is 0.777. The summed E-state index contributed by atoms with van der Waals surface area (Å²) in [4.78, 5) is 23.7. The summed E-state index contributed by atoms with van der Waals surface area (Å²) in [5.74, 6) is -0.871. The third-order valence-corrected chi connectivity index (χ3v) is 4.27. The molecule has 2 aromatic rings. The van der Waals surface area contributed by atoms with Crippen LogP contribution in [-0.4, -0.2) is 22.9 Å². The first-order valence-corrected chi connectivity index (χ1v) is 8.47. The highest BCUT2D eigenvalue weighted by Gasteiger charge is 2.17. The van der Waals surface area contributed by atoms with Crippen molar-refractivity contribution in [3.8, 4) is 0 Å². The van der Waals surface area contributed by atoms with Gasteiger partial charge in [0.05, 0.1) is 5.75 Å². The number of benzene rings is 2. The Balaban J connectivity index is 1.71. The SMILES string of the molecule is C[C@@H](SCC(=O)Nc1ccc(F)cc1)C(=O)OCc1ccccc1. The van der Waals surface area contributed by atoms with E-state index < -0.39 is 5.25 Å². The molecule has 0 saturated carbocycles. The van der Waals surface area contributed by atoms with Gasteiger partial charge in [-0.3, -0.25) is 9.59 Å². The number of esters is 1. The van der Waals surface area contributed by atoms with Gasteiger partial charge in [0.15, 0.2) is 0 Å². The molecule has 0 bridgehead atoms. The van der Waals surface area contributed by atoms with Crippen LogP contribution in [0.15, 0.2) is 54.6 Å². The second-order valence-electron chi connectivity index (χ2n) is 5.10. The molecule has 0 aliphatic rings. The Bertz CT molecular complexity index is 676. The van der Waals surface area contributed by atoms with E-state index >= 15 is 0 Å². The van der Waals surface area contributed by atoms with Crippen LogP contribution >= 0.6 is 11.8 Å².